The Bertz CT molecular complexity index is 139. The number of carbonyl (C=O) groups is 1. The zero-order valence-electron chi connectivity index (χ0n) is 8.76. The topological polar surface area (TPSA) is 26.3 Å². The molecule has 0 amide bonds. The van der Waals surface area contributed by atoms with Gasteiger partial charge < -0.3 is 4.74 Å². The molecule has 0 fully saturated rings. The molecule has 0 aliphatic rings. The predicted octanol–water partition coefficient (Wildman–Crippen LogP) is 2.27. The third-order valence-electron chi connectivity index (χ3n) is 2.07. The third kappa shape index (κ3) is 4.50. The number of hydrogen-bond donors (Lipinski definition) is 0. The highest BCUT2D eigenvalue weighted by molar-refractivity contribution is 5.81. The summed E-state index contributed by atoms with van der Waals surface area (Å²) < 4.78 is 5.38. The van der Waals surface area contributed by atoms with Crippen LogP contribution in [0.2, 0.25) is 0 Å². The number of rotatable bonds is 5. The van der Waals surface area contributed by atoms with Gasteiger partial charge in [0.1, 0.15) is 6.61 Å². The van der Waals surface area contributed by atoms with Gasteiger partial charge in [-0.3, -0.25) is 4.79 Å². The molecule has 0 spiro atoms. The van der Waals surface area contributed by atoms with Gasteiger partial charge in [-0.05, 0) is 12.8 Å². The summed E-state index contributed by atoms with van der Waals surface area (Å²) in [6.07, 6.45) is 0.174. The molecule has 0 radical (unpaired) electrons. The maximum Gasteiger partial charge on any atom is 0.160 e. The molecule has 2 heteroatoms. The quantitative estimate of drug-likeness (QED) is 0.636. The van der Waals surface area contributed by atoms with Crippen LogP contribution in [-0.4, -0.2) is 18.5 Å². The highest BCUT2D eigenvalue weighted by atomic mass is 16.5. The lowest BCUT2D eigenvalue weighted by molar-refractivity contribution is -0.129. The summed E-state index contributed by atoms with van der Waals surface area (Å²) in [6.45, 7) is 10.2. The molecule has 72 valence electrons. The number of ketones is 1. The Kier molecular flexibility index (Phi) is 5.14. The summed E-state index contributed by atoms with van der Waals surface area (Å²) in [5, 5.41) is 0. The van der Waals surface area contributed by atoms with Gasteiger partial charge in [0.25, 0.3) is 0 Å². The Morgan fingerprint density at radius 2 is 1.67 bits per heavy atom. The Balaban J connectivity index is 3.61. The van der Waals surface area contributed by atoms with Crippen LogP contribution < -0.4 is 0 Å². The van der Waals surface area contributed by atoms with Gasteiger partial charge in [-0.2, -0.15) is 0 Å². The van der Waals surface area contributed by atoms with E-state index in [-0.39, 0.29) is 24.4 Å². The van der Waals surface area contributed by atoms with E-state index in [1.165, 1.54) is 0 Å². The Hall–Kier alpha value is -0.370. The second-order valence-electron chi connectivity index (χ2n) is 3.88. The van der Waals surface area contributed by atoms with Crippen molar-refractivity contribution in [3.8, 4) is 0 Å². The molecule has 1 atom stereocenters. The molecule has 0 aliphatic carbocycles. The fourth-order valence-electron chi connectivity index (χ4n) is 0.573. The first-order valence-corrected chi connectivity index (χ1v) is 4.59. The fourth-order valence-corrected chi connectivity index (χ4v) is 0.573. The van der Waals surface area contributed by atoms with Crippen molar-refractivity contribution < 1.29 is 9.53 Å². The minimum absolute atomic E-state index is 0.0874. The molecular formula is C10H20O2. The van der Waals surface area contributed by atoms with E-state index < -0.39 is 0 Å². The van der Waals surface area contributed by atoms with Crippen LogP contribution in [0.15, 0.2) is 0 Å². The minimum atomic E-state index is 0.0874. The van der Waals surface area contributed by atoms with E-state index >= 15 is 0 Å². The summed E-state index contributed by atoms with van der Waals surface area (Å²) in [6, 6.07) is 0. The van der Waals surface area contributed by atoms with Gasteiger partial charge in [-0.25, -0.2) is 0 Å². The van der Waals surface area contributed by atoms with Gasteiger partial charge in [-0.15, -0.1) is 0 Å². The van der Waals surface area contributed by atoms with E-state index in [0.29, 0.717) is 5.92 Å². The van der Waals surface area contributed by atoms with Crippen LogP contribution in [0.3, 0.4) is 0 Å². The number of Topliss-reactive ketones (excluding diaryl/α,β-unsaturated/α-hetero) is 1. The Morgan fingerprint density at radius 1 is 1.17 bits per heavy atom. The van der Waals surface area contributed by atoms with E-state index in [9.17, 15) is 4.79 Å². The van der Waals surface area contributed by atoms with Crippen LogP contribution in [0.4, 0.5) is 0 Å². The first kappa shape index (κ1) is 11.6. The van der Waals surface area contributed by atoms with Gasteiger partial charge in [0, 0.05) is 5.92 Å². The highest BCUT2D eigenvalue weighted by Gasteiger charge is 2.11. The lowest BCUT2D eigenvalue weighted by Gasteiger charge is -2.16. The molecule has 0 bridgehead atoms. The van der Waals surface area contributed by atoms with E-state index in [1.54, 1.807) is 0 Å². The Morgan fingerprint density at radius 3 is 2.00 bits per heavy atom. The molecule has 0 aromatic heterocycles. The highest BCUT2D eigenvalue weighted by Crippen LogP contribution is 2.06. The predicted molar refractivity (Wildman–Crippen MR) is 50.1 cm³/mol. The van der Waals surface area contributed by atoms with Crippen molar-refractivity contribution in [3.05, 3.63) is 0 Å². The van der Waals surface area contributed by atoms with Crippen LogP contribution in [0.1, 0.15) is 34.6 Å². The summed E-state index contributed by atoms with van der Waals surface area (Å²) in [4.78, 5) is 11.1. The average Bonchev–Trinajstić information content (AvgIpc) is 1.98. The standard InChI is InChI=1S/C10H20O2/c1-7(2)9(5)12-6-10(11)8(3)4/h7-9H,6H2,1-5H3/t9-/m0/s1. The summed E-state index contributed by atoms with van der Waals surface area (Å²) >= 11 is 0. The van der Waals surface area contributed by atoms with Crippen LogP contribution in [0.25, 0.3) is 0 Å². The molecule has 0 saturated heterocycles. The van der Waals surface area contributed by atoms with E-state index in [1.807, 2.05) is 20.8 Å². The van der Waals surface area contributed by atoms with Crippen molar-refractivity contribution in [1.82, 2.24) is 0 Å². The molecule has 0 heterocycles. The van der Waals surface area contributed by atoms with E-state index in [0.717, 1.165) is 0 Å². The molecule has 0 unspecified atom stereocenters. The van der Waals surface area contributed by atoms with Crippen LogP contribution in [0, 0.1) is 11.8 Å². The molecular weight excluding hydrogens is 152 g/mol. The van der Waals surface area contributed by atoms with Crippen molar-refractivity contribution in [2.75, 3.05) is 6.61 Å². The van der Waals surface area contributed by atoms with Gasteiger partial charge in [0.05, 0.1) is 6.10 Å². The molecule has 0 N–H and O–H groups in total. The first-order chi connectivity index (χ1) is 5.45. The molecule has 0 saturated carbocycles. The summed E-state index contributed by atoms with van der Waals surface area (Å²) in [5.74, 6) is 0.747. The van der Waals surface area contributed by atoms with Crippen molar-refractivity contribution in [1.29, 1.82) is 0 Å². The van der Waals surface area contributed by atoms with Gasteiger partial charge in [-0.1, -0.05) is 27.7 Å². The lowest BCUT2D eigenvalue weighted by atomic mass is 10.1. The summed E-state index contributed by atoms with van der Waals surface area (Å²) in [5.41, 5.74) is 0. The van der Waals surface area contributed by atoms with Crippen molar-refractivity contribution in [2.24, 2.45) is 11.8 Å². The second kappa shape index (κ2) is 5.31. The monoisotopic (exact) mass is 172 g/mol. The number of carbonyl (C=O) groups excluding carboxylic acids is 1. The van der Waals surface area contributed by atoms with E-state index in [2.05, 4.69) is 13.8 Å². The smallest absolute Gasteiger partial charge is 0.160 e. The number of hydrogen-bond acceptors (Lipinski definition) is 2. The van der Waals surface area contributed by atoms with Gasteiger partial charge in [0.2, 0.25) is 0 Å². The van der Waals surface area contributed by atoms with E-state index in [4.69, 9.17) is 4.74 Å². The molecule has 12 heavy (non-hydrogen) atoms. The Labute approximate surface area is 75.3 Å². The third-order valence-corrected chi connectivity index (χ3v) is 2.07. The maximum absolute atomic E-state index is 11.1. The fraction of sp³-hybridized carbons (Fsp3) is 0.900. The molecule has 0 aliphatic heterocycles. The van der Waals surface area contributed by atoms with Crippen LogP contribution in [0.5, 0.6) is 0 Å². The van der Waals surface area contributed by atoms with Gasteiger partial charge >= 0.3 is 0 Å². The van der Waals surface area contributed by atoms with Crippen molar-refractivity contribution in [2.45, 2.75) is 40.7 Å². The van der Waals surface area contributed by atoms with Gasteiger partial charge in [0.15, 0.2) is 5.78 Å². The molecule has 0 aromatic rings. The van der Waals surface area contributed by atoms with Crippen molar-refractivity contribution >= 4 is 5.78 Å². The molecule has 0 rings (SSSR count). The maximum atomic E-state index is 11.1. The molecule has 0 aromatic carbocycles. The lowest BCUT2D eigenvalue weighted by Crippen LogP contribution is -2.22. The number of ether oxygens (including phenoxy) is 1. The normalized spacial score (nSPS) is 13.9. The van der Waals surface area contributed by atoms with Crippen molar-refractivity contribution in [3.63, 3.8) is 0 Å². The largest absolute Gasteiger partial charge is 0.370 e. The minimum Gasteiger partial charge on any atom is -0.370 e. The zero-order chi connectivity index (χ0) is 9.72. The first-order valence-electron chi connectivity index (χ1n) is 4.59. The summed E-state index contributed by atoms with van der Waals surface area (Å²) in [7, 11) is 0. The SMILES string of the molecule is CC(C)C(=O)CO[C@@H](C)C(C)C. The average molecular weight is 172 g/mol. The second-order valence-corrected chi connectivity index (χ2v) is 3.88. The van der Waals surface area contributed by atoms with Crippen LogP contribution >= 0.6 is 0 Å². The molecule has 2 nitrogen and oxygen atoms in total. The van der Waals surface area contributed by atoms with Crippen LogP contribution in [-0.2, 0) is 9.53 Å². The zero-order valence-corrected chi connectivity index (χ0v) is 8.76.